The Balaban J connectivity index is 1.16. The average molecular weight is 451 g/mol. The minimum Gasteiger partial charge on any atom is -0.341 e. The lowest BCUT2D eigenvalue weighted by Crippen LogP contribution is -2.15. The molecule has 0 spiro atoms. The van der Waals surface area contributed by atoms with E-state index < -0.39 is 0 Å². The molecule has 6 rings (SSSR count). The molecular formula is C28H30N6. The van der Waals surface area contributed by atoms with Crippen LogP contribution in [0.3, 0.4) is 0 Å². The van der Waals surface area contributed by atoms with Crippen molar-refractivity contribution < 1.29 is 0 Å². The van der Waals surface area contributed by atoms with Crippen molar-refractivity contribution in [1.29, 1.82) is 0 Å². The molecule has 2 aliphatic rings. The van der Waals surface area contributed by atoms with Crippen LogP contribution in [0.1, 0.15) is 49.9 Å². The van der Waals surface area contributed by atoms with Crippen molar-refractivity contribution in [2.75, 3.05) is 13.1 Å². The summed E-state index contributed by atoms with van der Waals surface area (Å²) < 4.78 is 0. The SMILES string of the molecule is CCC1=C[C@@H](c2ncc(-c3ccc(-c4ccc(-c5cnc([C@@H]6CCCN6)[nH]5)cc4)cc3)[nH]2)NC1. The van der Waals surface area contributed by atoms with Crippen LogP contribution in [0.15, 0.2) is 72.6 Å². The predicted molar refractivity (Wildman–Crippen MR) is 136 cm³/mol. The molecule has 4 N–H and O–H groups in total. The Morgan fingerprint density at radius 1 is 0.765 bits per heavy atom. The minimum atomic E-state index is 0.182. The number of aromatic nitrogens is 4. The van der Waals surface area contributed by atoms with Crippen LogP contribution in [0.4, 0.5) is 0 Å². The Bertz CT molecular complexity index is 1290. The Labute approximate surface area is 200 Å². The van der Waals surface area contributed by atoms with Gasteiger partial charge in [0.25, 0.3) is 0 Å². The molecule has 1 saturated heterocycles. The molecule has 2 atom stereocenters. The molecule has 4 heterocycles. The van der Waals surface area contributed by atoms with E-state index in [-0.39, 0.29) is 6.04 Å². The highest BCUT2D eigenvalue weighted by molar-refractivity contribution is 5.71. The molecule has 0 amide bonds. The molecule has 4 aromatic rings. The molecule has 34 heavy (non-hydrogen) atoms. The zero-order chi connectivity index (χ0) is 22.9. The van der Waals surface area contributed by atoms with Crippen molar-refractivity contribution in [3.63, 3.8) is 0 Å². The summed E-state index contributed by atoms with van der Waals surface area (Å²) in [5, 5.41) is 7.00. The summed E-state index contributed by atoms with van der Waals surface area (Å²) in [4.78, 5) is 16.2. The Kier molecular flexibility index (Phi) is 5.61. The minimum absolute atomic E-state index is 0.182. The van der Waals surface area contributed by atoms with E-state index in [2.05, 4.69) is 92.1 Å². The van der Waals surface area contributed by atoms with Gasteiger partial charge < -0.3 is 20.6 Å². The summed E-state index contributed by atoms with van der Waals surface area (Å²) in [5.74, 6) is 2.02. The van der Waals surface area contributed by atoms with Crippen LogP contribution >= 0.6 is 0 Å². The first-order valence-corrected chi connectivity index (χ1v) is 12.2. The molecule has 6 nitrogen and oxygen atoms in total. The molecule has 0 saturated carbocycles. The maximum atomic E-state index is 4.61. The summed E-state index contributed by atoms with van der Waals surface area (Å²) in [6.07, 6.45) is 9.60. The van der Waals surface area contributed by atoms with Gasteiger partial charge in [0.2, 0.25) is 0 Å². The van der Waals surface area contributed by atoms with Crippen molar-refractivity contribution in [3.8, 4) is 33.6 Å². The van der Waals surface area contributed by atoms with E-state index in [9.17, 15) is 0 Å². The lowest BCUT2D eigenvalue weighted by atomic mass is 10.0. The van der Waals surface area contributed by atoms with Gasteiger partial charge in [-0.1, -0.05) is 67.1 Å². The van der Waals surface area contributed by atoms with Gasteiger partial charge in [0, 0.05) is 6.54 Å². The van der Waals surface area contributed by atoms with Crippen LogP contribution in [-0.2, 0) is 0 Å². The standard InChI is InChI=1S/C28H30N6/c1-2-18-14-24(30-15-18)28-32-17-26(34-28)22-11-7-20(8-12-22)19-5-9-21(10-6-19)25-16-31-27(33-25)23-4-3-13-29-23/h5-12,14,16-17,23-24,29-30H,2-4,13,15H2,1H3,(H,31,33)(H,32,34)/t23-,24-/m0/s1. The van der Waals surface area contributed by atoms with E-state index in [0.29, 0.717) is 6.04 Å². The second-order valence-corrected chi connectivity index (χ2v) is 9.20. The molecule has 0 aliphatic carbocycles. The number of H-pyrrole nitrogens is 2. The highest BCUT2D eigenvalue weighted by atomic mass is 15.0. The molecule has 2 aromatic carbocycles. The molecule has 6 heteroatoms. The Morgan fingerprint density at radius 3 is 1.91 bits per heavy atom. The third-order valence-electron chi connectivity index (χ3n) is 7.01. The van der Waals surface area contributed by atoms with Gasteiger partial charge in [-0.25, -0.2) is 9.97 Å². The van der Waals surface area contributed by atoms with Crippen molar-refractivity contribution >= 4 is 0 Å². The van der Waals surface area contributed by atoms with Crippen LogP contribution in [0.5, 0.6) is 0 Å². The van der Waals surface area contributed by atoms with Gasteiger partial charge in [-0.3, -0.25) is 0 Å². The van der Waals surface area contributed by atoms with Gasteiger partial charge in [-0.05, 0) is 48.1 Å². The van der Waals surface area contributed by atoms with Crippen molar-refractivity contribution in [3.05, 3.63) is 84.2 Å². The smallest absolute Gasteiger partial charge is 0.127 e. The molecule has 2 aliphatic heterocycles. The summed E-state index contributed by atoms with van der Waals surface area (Å²) in [6.45, 7) is 4.22. The van der Waals surface area contributed by atoms with Crippen LogP contribution in [0.25, 0.3) is 33.6 Å². The zero-order valence-electron chi connectivity index (χ0n) is 19.4. The van der Waals surface area contributed by atoms with E-state index in [4.69, 9.17) is 0 Å². The number of imidazole rings is 2. The third-order valence-corrected chi connectivity index (χ3v) is 7.01. The number of aromatic amines is 2. The summed E-state index contributed by atoms with van der Waals surface area (Å²) in [6, 6.07) is 17.9. The Hall–Kier alpha value is -3.48. The fourth-order valence-electron chi connectivity index (χ4n) is 4.92. The summed E-state index contributed by atoms with van der Waals surface area (Å²) >= 11 is 0. The van der Waals surface area contributed by atoms with E-state index in [1.165, 1.54) is 23.1 Å². The monoisotopic (exact) mass is 450 g/mol. The second kappa shape index (κ2) is 9.05. The van der Waals surface area contributed by atoms with E-state index in [1.54, 1.807) is 0 Å². The fourth-order valence-corrected chi connectivity index (χ4v) is 4.92. The number of rotatable bonds is 6. The maximum Gasteiger partial charge on any atom is 0.127 e. The largest absolute Gasteiger partial charge is 0.341 e. The maximum absolute atomic E-state index is 4.61. The fraction of sp³-hybridized carbons (Fsp3) is 0.286. The zero-order valence-corrected chi connectivity index (χ0v) is 19.4. The van der Waals surface area contributed by atoms with Crippen molar-refractivity contribution in [2.45, 2.75) is 38.3 Å². The van der Waals surface area contributed by atoms with Crippen molar-refractivity contribution in [2.24, 2.45) is 0 Å². The van der Waals surface area contributed by atoms with E-state index in [0.717, 1.165) is 60.1 Å². The highest BCUT2D eigenvalue weighted by Gasteiger charge is 2.20. The van der Waals surface area contributed by atoms with Gasteiger partial charge in [0.05, 0.1) is 35.9 Å². The number of hydrogen-bond acceptors (Lipinski definition) is 4. The van der Waals surface area contributed by atoms with E-state index in [1.807, 2.05) is 12.4 Å². The van der Waals surface area contributed by atoms with Crippen LogP contribution in [0, 0.1) is 0 Å². The molecule has 0 bridgehead atoms. The molecule has 0 radical (unpaired) electrons. The quantitative estimate of drug-likeness (QED) is 0.291. The van der Waals surface area contributed by atoms with Gasteiger partial charge in [-0.15, -0.1) is 0 Å². The molecule has 0 unspecified atom stereocenters. The van der Waals surface area contributed by atoms with Gasteiger partial charge in [-0.2, -0.15) is 0 Å². The number of hydrogen-bond donors (Lipinski definition) is 4. The third kappa shape index (κ3) is 4.11. The van der Waals surface area contributed by atoms with Gasteiger partial charge in [0.15, 0.2) is 0 Å². The molecule has 172 valence electrons. The number of nitrogens with one attached hydrogen (secondary N) is 4. The topological polar surface area (TPSA) is 81.4 Å². The van der Waals surface area contributed by atoms with E-state index >= 15 is 0 Å². The lowest BCUT2D eigenvalue weighted by Gasteiger charge is -2.07. The van der Waals surface area contributed by atoms with Gasteiger partial charge >= 0.3 is 0 Å². The molecular weight excluding hydrogens is 420 g/mol. The normalized spacial score (nSPS) is 20.1. The first kappa shape index (κ1) is 21.1. The first-order chi connectivity index (χ1) is 16.8. The Morgan fingerprint density at radius 2 is 1.35 bits per heavy atom. The van der Waals surface area contributed by atoms with Crippen LogP contribution in [-0.4, -0.2) is 33.0 Å². The second-order valence-electron chi connectivity index (χ2n) is 9.20. The van der Waals surface area contributed by atoms with Crippen LogP contribution in [0.2, 0.25) is 0 Å². The lowest BCUT2D eigenvalue weighted by molar-refractivity contribution is 0.613. The molecule has 2 aromatic heterocycles. The van der Waals surface area contributed by atoms with Crippen LogP contribution < -0.4 is 10.6 Å². The van der Waals surface area contributed by atoms with Crippen molar-refractivity contribution in [1.82, 2.24) is 30.6 Å². The summed E-state index contributed by atoms with van der Waals surface area (Å²) in [7, 11) is 0. The predicted octanol–water partition coefficient (Wildman–Crippen LogP) is 5.54. The molecule has 1 fully saturated rings. The number of benzene rings is 2. The average Bonchev–Trinajstić information content (AvgIpc) is 3.70. The number of nitrogens with zero attached hydrogens (tertiary/aromatic N) is 2. The highest BCUT2D eigenvalue weighted by Crippen LogP contribution is 2.29. The first-order valence-electron chi connectivity index (χ1n) is 12.2. The van der Waals surface area contributed by atoms with Gasteiger partial charge in [0.1, 0.15) is 11.6 Å². The summed E-state index contributed by atoms with van der Waals surface area (Å²) in [5.41, 5.74) is 8.25.